The fourth-order valence-corrected chi connectivity index (χ4v) is 4.04. The van der Waals surface area contributed by atoms with Crippen LogP contribution in [0.1, 0.15) is 24.8 Å². The molecule has 140 valence electrons. The lowest BCUT2D eigenvalue weighted by molar-refractivity contribution is 0.374. The molecule has 1 aliphatic rings. The van der Waals surface area contributed by atoms with E-state index in [0.717, 1.165) is 38.0 Å². The Morgan fingerprint density at radius 2 is 1.69 bits per heavy atom. The molecule has 26 heavy (non-hydrogen) atoms. The molecule has 7 heteroatoms. The van der Waals surface area contributed by atoms with Gasteiger partial charge in [-0.05, 0) is 49.1 Å². The molecule has 2 aromatic carbocycles. The Morgan fingerprint density at radius 3 is 2.38 bits per heavy atom. The Kier molecular flexibility index (Phi) is 7.06. The largest absolute Gasteiger partial charge is 0.399 e. The quantitative estimate of drug-likeness (QED) is 0.788. The summed E-state index contributed by atoms with van der Waals surface area (Å²) in [5.41, 5.74) is 7.65. The number of hydrogen-bond acceptors (Lipinski definition) is 3. The number of rotatable bonds is 5. The molecule has 0 bridgehead atoms. The van der Waals surface area contributed by atoms with Gasteiger partial charge in [-0.2, -0.15) is 8.42 Å². The summed E-state index contributed by atoms with van der Waals surface area (Å²) in [5.74, 6) is 0.672. The SMILES string of the molecule is Cl.Nc1ccc(CCN2CCCC/C2=N/S(=O)(=O)c2ccccc2)cc1. The van der Waals surface area contributed by atoms with Crippen LogP contribution in [0.25, 0.3) is 0 Å². The number of hydrogen-bond donors (Lipinski definition) is 1. The third-order valence-electron chi connectivity index (χ3n) is 4.36. The van der Waals surface area contributed by atoms with Crippen LogP contribution >= 0.6 is 12.4 Å². The summed E-state index contributed by atoms with van der Waals surface area (Å²) in [6.45, 7) is 1.60. The first-order valence-corrected chi connectivity index (χ1v) is 9.97. The summed E-state index contributed by atoms with van der Waals surface area (Å²) < 4.78 is 29.2. The molecule has 5 nitrogen and oxygen atoms in total. The first-order valence-electron chi connectivity index (χ1n) is 8.53. The number of nitrogens with two attached hydrogens (primary N) is 1. The van der Waals surface area contributed by atoms with E-state index in [1.54, 1.807) is 30.3 Å². The summed E-state index contributed by atoms with van der Waals surface area (Å²) in [4.78, 5) is 2.34. The van der Waals surface area contributed by atoms with Crippen molar-refractivity contribution < 1.29 is 8.42 Å². The van der Waals surface area contributed by atoms with Gasteiger partial charge in [0.2, 0.25) is 0 Å². The summed E-state index contributed by atoms with van der Waals surface area (Å²) in [6.07, 6.45) is 3.58. The number of anilines is 1. The number of amidine groups is 1. The second kappa shape index (κ2) is 9.05. The minimum absolute atomic E-state index is 0. The van der Waals surface area contributed by atoms with Crippen LogP contribution in [0.5, 0.6) is 0 Å². The molecule has 1 fully saturated rings. The van der Waals surface area contributed by atoms with Gasteiger partial charge in [-0.25, -0.2) is 0 Å². The van der Waals surface area contributed by atoms with E-state index in [9.17, 15) is 8.42 Å². The Balaban J connectivity index is 0.00000243. The zero-order chi connectivity index (χ0) is 17.7. The Hall–Kier alpha value is -2.05. The van der Waals surface area contributed by atoms with E-state index in [1.807, 2.05) is 24.3 Å². The smallest absolute Gasteiger partial charge is 0.283 e. The van der Waals surface area contributed by atoms with Crippen molar-refractivity contribution >= 4 is 34.0 Å². The van der Waals surface area contributed by atoms with Gasteiger partial charge in [0.25, 0.3) is 10.0 Å². The summed E-state index contributed by atoms with van der Waals surface area (Å²) >= 11 is 0. The van der Waals surface area contributed by atoms with Crippen molar-refractivity contribution in [3.63, 3.8) is 0 Å². The first-order chi connectivity index (χ1) is 12.0. The minimum atomic E-state index is -3.65. The topological polar surface area (TPSA) is 75.8 Å². The van der Waals surface area contributed by atoms with Crippen LogP contribution in [-0.4, -0.2) is 32.2 Å². The molecule has 0 atom stereocenters. The molecule has 0 aromatic heterocycles. The van der Waals surface area contributed by atoms with Gasteiger partial charge in [0.05, 0.1) is 4.90 Å². The Morgan fingerprint density at radius 1 is 1.00 bits per heavy atom. The number of sulfonamides is 1. The average Bonchev–Trinajstić information content (AvgIpc) is 2.63. The van der Waals surface area contributed by atoms with Gasteiger partial charge in [-0.15, -0.1) is 16.8 Å². The molecular weight excluding hydrogens is 370 g/mol. The predicted octanol–water partition coefficient (Wildman–Crippen LogP) is 3.51. The summed E-state index contributed by atoms with van der Waals surface area (Å²) in [7, 11) is -3.65. The van der Waals surface area contributed by atoms with Gasteiger partial charge in [0.15, 0.2) is 0 Å². The van der Waals surface area contributed by atoms with E-state index in [0.29, 0.717) is 12.3 Å². The van der Waals surface area contributed by atoms with Gasteiger partial charge in [-0.3, -0.25) is 0 Å². The van der Waals surface area contributed by atoms with Crippen molar-refractivity contribution in [3.8, 4) is 0 Å². The number of nitrogens with zero attached hydrogens (tertiary/aromatic N) is 2. The Labute approximate surface area is 161 Å². The van der Waals surface area contributed by atoms with E-state index in [2.05, 4.69) is 9.30 Å². The van der Waals surface area contributed by atoms with Crippen LogP contribution in [0, 0.1) is 0 Å². The maximum atomic E-state index is 12.5. The van der Waals surface area contributed by atoms with Crippen molar-refractivity contribution in [2.75, 3.05) is 18.8 Å². The lowest BCUT2D eigenvalue weighted by Gasteiger charge is -2.30. The average molecular weight is 394 g/mol. The lowest BCUT2D eigenvalue weighted by atomic mass is 10.1. The molecule has 1 heterocycles. The normalized spacial score (nSPS) is 16.3. The predicted molar refractivity (Wildman–Crippen MR) is 108 cm³/mol. The standard InChI is InChI=1S/C19H23N3O2S.ClH/c20-17-11-9-16(10-12-17)13-15-22-14-5-4-8-19(22)21-25(23,24)18-6-2-1-3-7-18;/h1-3,6-7,9-12H,4-5,8,13-15,20H2;1H/b21-19-;. The van der Waals surface area contributed by atoms with Gasteiger partial charge in [0, 0.05) is 25.2 Å². The van der Waals surface area contributed by atoms with E-state index in [4.69, 9.17) is 5.73 Å². The van der Waals surface area contributed by atoms with E-state index >= 15 is 0 Å². The molecule has 0 unspecified atom stereocenters. The molecule has 0 saturated carbocycles. The third kappa shape index (κ3) is 5.22. The van der Waals surface area contributed by atoms with Crippen LogP contribution in [0.15, 0.2) is 63.9 Å². The van der Waals surface area contributed by atoms with Crippen molar-refractivity contribution in [1.82, 2.24) is 4.90 Å². The zero-order valence-corrected chi connectivity index (χ0v) is 16.2. The zero-order valence-electron chi connectivity index (χ0n) is 14.5. The number of likely N-dealkylation sites (tertiary alicyclic amines) is 1. The van der Waals surface area contributed by atoms with Gasteiger partial charge in [-0.1, -0.05) is 30.3 Å². The monoisotopic (exact) mass is 393 g/mol. The fourth-order valence-electron chi connectivity index (χ4n) is 2.95. The molecule has 0 spiro atoms. The first kappa shape index (κ1) is 20.3. The van der Waals surface area contributed by atoms with Gasteiger partial charge >= 0.3 is 0 Å². The molecule has 3 rings (SSSR count). The highest BCUT2D eigenvalue weighted by Crippen LogP contribution is 2.18. The maximum Gasteiger partial charge on any atom is 0.283 e. The van der Waals surface area contributed by atoms with E-state index in [-0.39, 0.29) is 17.3 Å². The van der Waals surface area contributed by atoms with Crippen molar-refractivity contribution in [3.05, 3.63) is 60.2 Å². The van der Waals surface area contributed by atoms with E-state index in [1.165, 1.54) is 5.56 Å². The molecule has 0 amide bonds. The van der Waals surface area contributed by atoms with Crippen molar-refractivity contribution in [2.24, 2.45) is 4.40 Å². The van der Waals surface area contributed by atoms with Crippen molar-refractivity contribution in [1.29, 1.82) is 0 Å². The van der Waals surface area contributed by atoms with Crippen LogP contribution in [0.4, 0.5) is 5.69 Å². The van der Waals surface area contributed by atoms with Crippen molar-refractivity contribution in [2.45, 2.75) is 30.6 Å². The van der Waals surface area contributed by atoms with Crippen LogP contribution < -0.4 is 5.73 Å². The highest BCUT2D eigenvalue weighted by molar-refractivity contribution is 7.90. The molecule has 2 N–H and O–H groups in total. The third-order valence-corrected chi connectivity index (χ3v) is 5.68. The second-order valence-electron chi connectivity index (χ2n) is 6.23. The molecular formula is C19H24ClN3O2S. The highest BCUT2D eigenvalue weighted by atomic mass is 35.5. The fraction of sp³-hybridized carbons (Fsp3) is 0.316. The lowest BCUT2D eigenvalue weighted by Crippen LogP contribution is -2.37. The number of nitrogen functional groups attached to an aromatic ring is 1. The number of benzene rings is 2. The molecule has 0 radical (unpaired) electrons. The Bertz CT molecular complexity index is 837. The highest BCUT2D eigenvalue weighted by Gasteiger charge is 2.21. The molecule has 1 aliphatic heterocycles. The summed E-state index contributed by atoms with van der Waals surface area (Å²) in [6, 6.07) is 16.2. The second-order valence-corrected chi connectivity index (χ2v) is 7.84. The molecule has 1 saturated heterocycles. The van der Waals surface area contributed by atoms with Gasteiger partial charge < -0.3 is 10.6 Å². The van der Waals surface area contributed by atoms with E-state index < -0.39 is 10.0 Å². The minimum Gasteiger partial charge on any atom is -0.399 e. The summed E-state index contributed by atoms with van der Waals surface area (Å²) in [5, 5.41) is 0. The van der Waals surface area contributed by atoms with Crippen LogP contribution in [0.3, 0.4) is 0 Å². The molecule has 2 aromatic rings. The van der Waals surface area contributed by atoms with Gasteiger partial charge in [0.1, 0.15) is 5.84 Å². The number of halogens is 1. The van der Waals surface area contributed by atoms with Crippen LogP contribution in [-0.2, 0) is 16.4 Å². The number of piperidine rings is 1. The van der Waals surface area contributed by atoms with Crippen LogP contribution in [0.2, 0.25) is 0 Å². The maximum absolute atomic E-state index is 12.5. The molecule has 0 aliphatic carbocycles.